The number of amides is 1. The maximum Gasteiger partial charge on any atom is 0.257 e. The van der Waals surface area contributed by atoms with E-state index in [1.165, 1.54) is 0 Å². The van der Waals surface area contributed by atoms with Crippen molar-refractivity contribution in [3.05, 3.63) is 63.0 Å². The number of nitrogens with two attached hydrogens (primary N) is 1. The van der Waals surface area contributed by atoms with Crippen LogP contribution < -0.4 is 5.73 Å². The van der Waals surface area contributed by atoms with Crippen LogP contribution in [0.25, 0.3) is 11.1 Å². The molecule has 1 aliphatic heterocycles. The van der Waals surface area contributed by atoms with Gasteiger partial charge in [-0.2, -0.15) is 0 Å². The van der Waals surface area contributed by atoms with Gasteiger partial charge in [0.25, 0.3) is 5.91 Å². The molecule has 0 saturated heterocycles. The molecule has 0 spiro atoms. The number of rotatable bonds is 6. The number of hydrogen-bond donors (Lipinski definition) is 1. The number of aryl methyl sites for hydroxylation is 1. The summed E-state index contributed by atoms with van der Waals surface area (Å²) in [6.07, 6.45) is 0. The second-order valence-electron chi connectivity index (χ2n) is 6.94. The van der Waals surface area contributed by atoms with Gasteiger partial charge < -0.3 is 15.5 Å². The van der Waals surface area contributed by atoms with Gasteiger partial charge in [-0.05, 0) is 31.5 Å². The molecule has 0 atom stereocenters. The lowest BCUT2D eigenvalue weighted by Gasteiger charge is -2.24. The van der Waals surface area contributed by atoms with E-state index in [9.17, 15) is 4.79 Å². The van der Waals surface area contributed by atoms with Crippen LogP contribution >= 0.6 is 23.2 Å². The van der Waals surface area contributed by atoms with E-state index in [0.29, 0.717) is 28.7 Å². The fourth-order valence-corrected chi connectivity index (χ4v) is 3.99. The zero-order valence-corrected chi connectivity index (χ0v) is 17.9. The zero-order chi connectivity index (χ0) is 20.6. The molecule has 2 N–H and O–H groups in total. The van der Waals surface area contributed by atoms with Crippen molar-refractivity contribution in [1.29, 1.82) is 0 Å². The Bertz CT molecular complexity index is 958. The number of halogens is 2. The topological polar surface area (TPSA) is 62.5 Å². The van der Waals surface area contributed by atoms with Crippen molar-refractivity contribution in [3.63, 3.8) is 0 Å². The van der Waals surface area contributed by atoms with E-state index in [1.807, 2.05) is 31.9 Å². The van der Waals surface area contributed by atoms with Gasteiger partial charge in [-0.15, -0.1) is 0 Å². The molecule has 0 bridgehead atoms. The molecule has 0 unspecified atom stereocenters. The second-order valence-corrected chi connectivity index (χ2v) is 7.79. The number of benzene rings is 1. The summed E-state index contributed by atoms with van der Waals surface area (Å²) in [6, 6.07) is 5.27. The first-order valence-electron chi connectivity index (χ1n) is 9.14. The Hall–Kier alpha value is -2.08. The molecule has 1 aliphatic rings. The minimum atomic E-state index is -0.0798. The van der Waals surface area contributed by atoms with Crippen LogP contribution in [0, 0.1) is 6.92 Å². The summed E-state index contributed by atoms with van der Waals surface area (Å²) in [4.78, 5) is 21.8. The molecule has 7 heteroatoms. The SMILES string of the molecule is C=C(CN1Cc2nc(C)c(CN)c(-c3ccc(Cl)cc3Cl)c2C1=O)N(C)CC. The van der Waals surface area contributed by atoms with Crippen LogP contribution in [0.1, 0.15) is 34.2 Å². The summed E-state index contributed by atoms with van der Waals surface area (Å²) >= 11 is 12.6. The maximum atomic E-state index is 13.3. The van der Waals surface area contributed by atoms with Crippen molar-refractivity contribution < 1.29 is 4.79 Å². The number of fused-ring (bicyclic) bond motifs is 1. The molecule has 5 nitrogen and oxygen atoms in total. The van der Waals surface area contributed by atoms with Crippen molar-refractivity contribution in [2.45, 2.75) is 26.9 Å². The molecule has 0 radical (unpaired) electrons. The van der Waals surface area contributed by atoms with E-state index in [2.05, 4.69) is 11.6 Å². The summed E-state index contributed by atoms with van der Waals surface area (Å²) in [7, 11) is 1.96. The highest BCUT2D eigenvalue weighted by molar-refractivity contribution is 6.36. The third-order valence-corrected chi connectivity index (χ3v) is 5.76. The largest absolute Gasteiger partial charge is 0.377 e. The quantitative estimate of drug-likeness (QED) is 0.761. The number of likely N-dealkylation sites (N-methyl/N-ethyl adjacent to an activating group) is 1. The number of carbonyl (C=O) groups excluding carboxylic acids is 1. The zero-order valence-electron chi connectivity index (χ0n) is 16.4. The molecule has 2 heterocycles. The van der Waals surface area contributed by atoms with Crippen LogP contribution in [0.4, 0.5) is 0 Å². The third-order valence-electron chi connectivity index (χ3n) is 5.21. The minimum Gasteiger partial charge on any atom is -0.377 e. The van der Waals surface area contributed by atoms with Crippen molar-refractivity contribution in [2.24, 2.45) is 5.73 Å². The predicted molar refractivity (Wildman–Crippen MR) is 115 cm³/mol. The Balaban J connectivity index is 2.12. The van der Waals surface area contributed by atoms with Crippen molar-refractivity contribution in [2.75, 3.05) is 20.1 Å². The Morgan fingerprint density at radius 3 is 2.68 bits per heavy atom. The van der Waals surface area contributed by atoms with Crippen LogP contribution in [-0.2, 0) is 13.1 Å². The fourth-order valence-electron chi connectivity index (χ4n) is 3.49. The molecule has 1 aromatic carbocycles. The highest BCUT2D eigenvalue weighted by atomic mass is 35.5. The van der Waals surface area contributed by atoms with E-state index < -0.39 is 0 Å². The summed E-state index contributed by atoms with van der Waals surface area (Å²) in [5.41, 5.74) is 11.4. The molecular weight excluding hydrogens is 395 g/mol. The molecule has 0 aliphatic carbocycles. The van der Waals surface area contributed by atoms with Gasteiger partial charge in [0.2, 0.25) is 0 Å². The Morgan fingerprint density at radius 1 is 1.36 bits per heavy atom. The van der Waals surface area contributed by atoms with E-state index in [0.717, 1.165) is 40.3 Å². The standard InChI is InChI=1S/C21H24Cl2N4O/c1-5-26(4)12(2)10-27-11-18-20(21(27)28)19(16(9-24)13(3)25-18)15-7-6-14(22)8-17(15)23/h6-8H,2,5,9-11,24H2,1,3-4H3. The first-order valence-corrected chi connectivity index (χ1v) is 9.90. The fraction of sp³-hybridized carbons (Fsp3) is 0.333. The van der Waals surface area contributed by atoms with E-state index in [-0.39, 0.29) is 12.5 Å². The molecule has 2 aromatic rings. The summed E-state index contributed by atoms with van der Waals surface area (Å²) < 4.78 is 0. The van der Waals surface area contributed by atoms with Crippen molar-refractivity contribution in [3.8, 4) is 11.1 Å². The molecule has 3 rings (SSSR count). The predicted octanol–water partition coefficient (Wildman–Crippen LogP) is 4.24. The Kier molecular flexibility index (Phi) is 5.98. The monoisotopic (exact) mass is 418 g/mol. The number of hydrogen-bond acceptors (Lipinski definition) is 4. The van der Waals surface area contributed by atoms with Gasteiger partial charge in [-0.1, -0.05) is 35.8 Å². The lowest BCUT2D eigenvalue weighted by molar-refractivity contribution is 0.0783. The van der Waals surface area contributed by atoms with Crippen LogP contribution in [-0.4, -0.2) is 40.8 Å². The van der Waals surface area contributed by atoms with E-state index in [1.54, 1.807) is 17.0 Å². The van der Waals surface area contributed by atoms with Crippen LogP contribution in [0.3, 0.4) is 0 Å². The second kappa shape index (κ2) is 8.11. The smallest absolute Gasteiger partial charge is 0.257 e. The number of aromatic nitrogens is 1. The molecule has 1 aromatic heterocycles. The molecule has 1 amide bonds. The molecule has 148 valence electrons. The van der Waals surface area contributed by atoms with Gasteiger partial charge in [-0.3, -0.25) is 9.78 Å². The average Bonchev–Trinajstić information content (AvgIpc) is 2.95. The van der Waals surface area contributed by atoms with Crippen molar-refractivity contribution >= 4 is 29.1 Å². The average molecular weight is 419 g/mol. The highest BCUT2D eigenvalue weighted by Gasteiger charge is 2.34. The van der Waals surface area contributed by atoms with E-state index in [4.69, 9.17) is 28.9 Å². The van der Waals surface area contributed by atoms with Crippen LogP contribution in [0.2, 0.25) is 10.0 Å². The number of nitrogens with zero attached hydrogens (tertiary/aromatic N) is 3. The lowest BCUT2D eigenvalue weighted by atomic mass is 9.93. The number of carbonyl (C=O) groups is 1. The molecule has 28 heavy (non-hydrogen) atoms. The van der Waals surface area contributed by atoms with Gasteiger partial charge >= 0.3 is 0 Å². The Labute approximate surface area is 175 Å². The van der Waals surface area contributed by atoms with Gasteiger partial charge in [0, 0.05) is 52.7 Å². The van der Waals surface area contributed by atoms with Crippen molar-refractivity contribution in [1.82, 2.24) is 14.8 Å². The highest BCUT2D eigenvalue weighted by Crippen LogP contribution is 2.39. The lowest BCUT2D eigenvalue weighted by Crippen LogP contribution is -2.31. The Morgan fingerprint density at radius 2 is 2.07 bits per heavy atom. The minimum absolute atomic E-state index is 0.0798. The van der Waals surface area contributed by atoms with Gasteiger partial charge in [0.05, 0.1) is 24.3 Å². The maximum absolute atomic E-state index is 13.3. The first kappa shape index (κ1) is 20.6. The molecule has 0 fully saturated rings. The first-order chi connectivity index (χ1) is 13.3. The molecular formula is C21H24Cl2N4O. The van der Waals surface area contributed by atoms with Gasteiger partial charge in [-0.25, -0.2) is 0 Å². The van der Waals surface area contributed by atoms with Gasteiger partial charge in [0.15, 0.2) is 0 Å². The molecule has 0 saturated carbocycles. The normalized spacial score (nSPS) is 13.1. The number of pyridine rings is 1. The summed E-state index contributed by atoms with van der Waals surface area (Å²) in [5.74, 6) is -0.0798. The van der Waals surface area contributed by atoms with Crippen LogP contribution in [0.5, 0.6) is 0 Å². The third kappa shape index (κ3) is 3.62. The van der Waals surface area contributed by atoms with Gasteiger partial charge in [0.1, 0.15) is 0 Å². The summed E-state index contributed by atoms with van der Waals surface area (Å²) in [5, 5.41) is 1.02. The van der Waals surface area contributed by atoms with Crippen LogP contribution in [0.15, 0.2) is 30.5 Å². The van der Waals surface area contributed by atoms with E-state index >= 15 is 0 Å². The summed E-state index contributed by atoms with van der Waals surface area (Å²) in [6.45, 7) is 10.0.